The molecule has 1 amide bonds. The van der Waals surface area contributed by atoms with Crippen LogP contribution in [-0.2, 0) is 15.4 Å². The number of amides is 1. The zero-order valence-electron chi connectivity index (χ0n) is 19.6. The summed E-state index contributed by atoms with van der Waals surface area (Å²) in [7, 11) is -0.914. The third-order valence-electron chi connectivity index (χ3n) is 5.11. The van der Waals surface area contributed by atoms with E-state index >= 15 is 0 Å². The maximum Gasteiger partial charge on any atom is 0.261 e. The van der Waals surface area contributed by atoms with Crippen molar-refractivity contribution >= 4 is 43.2 Å². The molecule has 0 atom stereocenters. The molecule has 3 aromatic carbocycles. The van der Waals surface area contributed by atoms with Gasteiger partial charge >= 0.3 is 0 Å². The van der Waals surface area contributed by atoms with Crippen molar-refractivity contribution in [3.05, 3.63) is 76.3 Å². The Morgan fingerprint density at radius 3 is 2.00 bits per heavy atom. The van der Waals surface area contributed by atoms with E-state index in [-0.39, 0.29) is 21.6 Å². The standard InChI is InChI=1S/C25H27BrN2O5S/c1-25(2,3)16-6-9-21(10-7-16)34(30,31)28-23-12-17(26)8-11-22(23)24(29)27-18-13-19(32-4)15-20(14-18)33-5/h6-15,28H,1-5H3,(H,27,29). The Morgan fingerprint density at radius 2 is 1.47 bits per heavy atom. The zero-order chi connectivity index (χ0) is 25.1. The number of ether oxygens (including phenoxy) is 2. The molecule has 0 heterocycles. The van der Waals surface area contributed by atoms with Crippen molar-refractivity contribution in [3.8, 4) is 11.5 Å². The van der Waals surface area contributed by atoms with Crippen LogP contribution < -0.4 is 19.5 Å². The Labute approximate surface area is 208 Å². The van der Waals surface area contributed by atoms with Gasteiger partial charge in [0, 0.05) is 28.4 Å². The van der Waals surface area contributed by atoms with Crippen molar-refractivity contribution in [2.45, 2.75) is 31.1 Å². The maximum atomic E-state index is 13.1. The molecule has 0 aromatic heterocycles. The minimum absolute atomic E-state index is 0.101. The molecule has 9 heteroatoms. The van der Waals surface area contributed by atoms with Crippen LogP contribution in [0.25, 0.3) is 0 Å². The highest BCUT2D eigenvalue weighted by Crippen LogP contribution is 2.29. The summed E-state index contributed by atoms with van der Waals surface area (Å²) in [6.07, 6.45) is 0. The van der Waals surface area contributed by atoms with E-state index in [4.69, 9.17) is 9.47 Å². The lowest BCUT2D eigenvalue weighted by Crippen LogP contribution is -2.19. The summed E-state index contributed by atoms with van der Waals surface area (Å²) in [6, 6.07) is 16.4. The highest BCUT2D eigenvalue weighted by molar-refractivity contribution is 9.10. The molecule has 180 valence electrons. The maximum absolute atomic E-state index is 13.1. The molecule has 0 saturated carbocycles. The van der Waals surface area contributed by atoms with Gasteiger partial charge in [0.25, 0.3) is 15.9 Å². The van der Waals surface area contributed by atoms with Gasteiger partial charge in [-0.05, 0) is 41.3 Å². The smallest absolute Gasteiger partial charge is 0.261 e. The number of hydrogen-bond acceptors (Lipinski definition) is 5. The first-order valence-corrected chi connectivity index (χ1v) is 12.7. The number of carbonyl (C=O) groups excluding carboxylic acids is 1. The van der Waals surface area contributed by atoms with Crippen LogP contribution in [0.3, 0.4) is 0 Å². The quantitative estimate of drug-likeness (QED) is 0.389. The van der Waals surface area contributed by atoms with Crippen molar-refractivity contribution in [1.29, 1.82) is 0 Å². The first kappa shape index (κ1) is 25.6. The van der Waals surface area contributed by atoms with Crippen molar-refractivity contribution in [1.82, 2.24) is 0 Å². The molecule has 2 N–H and O–H groups in total. The third kappa shape index (κ3) is 6.09. The monoisotopic (exact) mass is 546 g/mol. The fourth-order valence-electron chi connectivity index (χ4n) is 3.21. The number of anilines is 2. The van der Waals surface area contributed by atoms with Crippen LogP contribution in [-0.4, -0.2) is 28.5 Å². The summed E-state index contributed by atoms with van der Waals surface area (Å²) in [5, 5.41) is 2.77. The van der Waals surface area contributed by atoms with E-state index in [0.29, 0.717) is 21.7 Å². The summed E-state index contributed by atoms with van der Waals surface area (Å²) in [5.41, 5.74) is 1.65. The lowest BCUT2D eigenvalue weighted by molar-refractivity contribution is 0.102. The summed E-state index contributed by atoms with van der Waals surface area (Å²) in [4.78, 5) is 13.2. The molecule has 0 unspecified atom stereocenters. The number of halogens is 1. The number of carbonyl (C=O) groups is 1. The molecule has 0 spiro atoms. The Hall–Kier alpha value is -3.04. The van der Waals surface area contributed by atoms with Crippen LogP contribution in [0.5, 0.6) is 11.5 Å². The second-order valence-corrected chi connectivity index (χ2v) is 11.2. The molecule has 0 fully saturated rings. The molecule has 3 rings (SSSR count). The van der Waals surface area contributed by atoms with Crippen LogP contribution in [0.2, 0.25) is 0 Å². The molecule has 0 bridgehead atoms. The lowest BCUT2D eigenvalue weighted by atomic mass is 9.87. The number of sulfonamides is 1. The van der Waals surface area contributed by atoms with Crippen LogP contribution in [0.15, 0.2) is 70.0 Å². The summed E-state index contributed by atoms with van der Waals surface area (Å²) in [5.74, 6) is 0.513. The van der Waals surface area contributed by atoms with E-state index in [1.54, 1.807) is 54.6 Å². The Kier molecular flexibility index (Phi) is 7.57. The number of benzene rings is 3. The van der Waals surface area contributed by atoms with Crippen molar-refractivity contribution in [2.75, 3.05) is 24.3 Å². The van der Waals surface area contributed by atoms with Crippen molar-refractivity contribution < 1.29 is 22.7 Å². The van der Waals surface area contributed by atoms with Gasteiger partial charge in [0.2, 0.25) is 0 Å². The highest BCUT2D eigenvalue weighted by Gasteiger charge is 2.21. The van der Waals surface area contributed by atoms with Crippen LogP contribution in [0.1, 0.15) is 36.7 Å². The zero-order valence-corrected chi connectivity index (χ0v) is 22.0. The molecule has 7 nitrogen and oxygen atoms in total. The summed E-state index contributed by atoms with van der Waals surface area (Å²) in [6.45, 7) is 6.16. The van der Waals surface area contributed by atoms with Crippen LogP contribution in [0, 0.1) is 0 Å². The van der Waals surface area contributed by atoms with Gasteiger partial charge in [0.1, 0.15) is 11.5 Å². The molecule has 0 saturated heterocycles. The Balaban J connectivity index is 1.91. The first-order valence-electron chi connectivity index (χ1n) is 10.4. The van der Waals surface area contributed by atoms with Gasteiger partial charge in [-0.3, -0.25) is 9.52 Å². The van der Waals surface area contributed by atoms with Crippen LogP contribution >= 0.6 is 15.9 Å². The molecule has 0 aliphatic rings. The van der Waals surface area contributed by atoms with Gasteiger partial charge in [-0.2, -0.15) is 0 Å². The normalized spacial score (nSPS) is 11.6. The Bertz CT molecular complexity index is 1280. The average Bonchev–Trinajstić information content (AvgIpc) is 2.78. The van der Waals surface area contributed by atoms with Gasteiger partial charge in [-0.1, -0.05) is 48.8 Å². The summed E-state index contributed by atoms with van der Waals surface area (Å²) < 4.78 is 39.8. The first-order chi connectivity index (χ1) is 15.9. The number of rotatable bonds is 7. The molecular weight excluding hydrogens is 520 g/mol. The fourth-order valence-corrected chi connectivity index (χ4v) is 4.65. The summed E-state index contributed by atoms with van der Waals surface area (Å²) >= 11 is 3.35. The van der Waals surface area contributed by atoms with Gasteiger partial charge in [0.05, 0.1) is 30.4 Å². The molecule has 0 radical (unpaired) electrons. The van der Waals surface area contributed by atoms with Crippen LogP contribution in [0.4, 0.5) is 11.4 Å². The van der Waals surface area contributed by atoms with E-state index in [0.717, 1.165) is 5.56 Å². The predicted octanol–water partition coefficient (Wildman–Crippen LogP) is 5.82. The molecule has 0 aliphatic heterocycles. The average molecular weight is 547 g/mol. The van der Waals surface area contributed by atoms with E-state index in [9.17, 15) is 13.2 Å². The van der Waals surface area contributed by atoms with E-state index < -0.39 is 15.9 Å². The largest absolute Gasteiger partial charge is 0.497 e. The third-order valence-corrected chi connectivity index (χ3v) is 6.99. The van der Waals surface area contributed by atoms with E-state index in [2.05, 4.69) is 46.7 Å². The second-order valence-electron chi connectivity index (χ2n) is 8.63. The Morgan fingerprint density at radius 1 is 0.882 bits per heavy atom. The lowest BCUT2D eigenvalue weighted by Gasteiger charge is -2.19. The fraction of sp³-hybridized carbons (Fsp3) is 0.240. The minimum atomic E-state index is -3.93. The van der Waals surface area contributed by atoms with E-state index in [1.807, 2.05) is 0 Å². The molecule has 0 aliphatic carbocycles. The van der Waals surface area contributed by atoms with Gasteiger partial charge in [-0.15, -0.1) is 0 Å². The van der Waals surface area contributed by atoms with Crippen molar-refractivity contribution in [3.63, 3.8) is 0 Å². The molecular formula is C25H27BrN2O5S. The number of nitrogens with one attached hydrogen (secondary N) is 2. The number of methoxy groups -OCH3 is 2. The molecule has 34 heavy (non-hydrogen) atoms. The minimum Gasteiger partial charge on any atom is -0.497 e. The topological polar surface area (TPSA) is 93.7 Å². The predicted molar refractivity (Wildman–Crippen MR) is 138 cm³/mol. The number of hydrogen-bond donors (Lipinski definition) is 2. The van der Waals surface area contributed by atoms with Gasteiger partial charge in [-0.25, -0.2) is 8.42 Å². The second kappa shape index (κ2) is 10.1. The SMILES string of the molecule is COc1cc(NC(=O)c2ccc(Br)cc2NS(=O)(=O)c2ccc(C(C)(C)C)cc2)cc(OC)c1. The van der Waals surface area contributed by atoms with E-state index in [1.165, 1.54) is 20.3 Å². The van der Waals surface area contributed by atoms with Gasteiger partial charge in [0.15, 0.2) is 0 Å². The molecule has 3 aromatic rings. The highest BCUT2D eigenvalue weighted by atomic mass is 79.9. The van der Waals surface area contributed by atoms with Crippen molar-refractivity contribution in [2.24, 2.45) is 0 Å². The van der Waals surface area contributed by atoms with Gasteiger partial charge < -0.3 is 14.8 Å².